The van der Waals surface area contributed by atoms with Crippen LogP contribution in [0.2, 0.25) is 0 Å². The fraction of sp³-hybridized carbons (Fsp3) is 0.640. The van der Waals surface area contributed by atoms with Crippen LogP contribution in [0.25, 0.3) is 0 Å². The maximum Gasteiger partial charge on any atom is 0.273 e. The molecule has 5 rings (SSSR count). The van der Waals surface area contributed by atoms with Crippen LogP contribution in [0.15, 0.2) is 6.20 Å². The van der Waals surface area contributed by atoms with E-state index in [0.29, 0.717) is 62.8 Å². The molecule has 0 aromatic carbocycles. The minimum atomic E-state index is -0.0469. The summed E-state index contributed by atoms with van der Waals surface area (Å²) in [6.45, 7) is 11.3. The molecule has 2 aromatic heterocycles. The summed E-state index contributed by atoms with van der Waals surface area (Å²) in [6, 6.07) is 0.585. The van der Waals surface area contributed by atoms with Crippen molar-refractivity contribution in [3.8, 4) is 0 Å². The number of carbonyl (C=O) groups excluding carboxylic acids is 2. The number of aromatic nitrogens is 4. The largest absolute Gasteiger partial charge is 0.365 e. The normalized spacial score (nSPS) is 18.7. The lowest BCUT2D eigenvalue weighted by atomic mass is 10.2. The molecule has 3 aliphatic rings. The molecule has 0 radical (unpaired) electrons. The summed E-state index contributed by atoms with van der Waals surface area (Å²) in [5.41, 5.74) is 3.51. The smallest absolute Gasteiger partial charge is 0.273 e. The molecule has 1 saturated heterocycles. The number of piperazine rings is 1. The molecule has 0 unspecified atom stereocenters. The third kappa shape index (κ3) is 4.58. The Hall–Kier alpha value is -3.17. The third-order valence-corrected chi connectivity index (χ3v) is 7.58. The number of hydrogen-bond acceptors (Lipinski definition) is 7. The van der Waals surface area contributed by atoms with E-state index in [1.807, 2.05) is 23.6 Å². The van der Waals surface area contributed by atoms with Gasteiger partial charge in [-0.1, -0.05) is 12.8 Å². The highest BCUT2D eigenvalue weighted by atomic mass is 16.2. The van der Waals surface area contributed by atoms with Crippen LogP contribution >= 0.6 is 0 Å². The molecule has 4 heterocycles. The summed E-state index contributed by atoms with van der Waals surface area (Å²) in [7, 11) is 0. The molecule has 35 heavy (non-hydrogen) atoms. The van der Waals surface area contributed by atoms with E-state index >= 15 is 0 Å². The quantitative estimate of drug-likeness (QED) is 0.679. The Morgan fingerprint density at radius 3 is 2.51 bits per heavy atom. The maximum atomic E-state index is 13.2. The molecule has 0 bridgehead atoms. The number of fused-ring (bicyclic) bond motifs is 1. The van der Waals surface area contributed by atoms with Crippen LogP contribution in [0.4, 0.5) is 11.8 Å². The van der Waals surface area contributed by atoms with Crippen molar-refractivity contribution in [3.63, 3.8) is 0 Å². The predicted molar refractivity (Wildman–Crippen MR) is 133 cm³/mol. The third-order valence-electron chi connectivity index (χ3n) is 7.58. The number of aryl methyl sites for hydroxylation is 1. The molecule has 2 fully saturated rings. The monoisotopic (exact) mass is 480 g/mol. The number of nitrogens with zero attached hydrogens (tertiary/aromatic N) is 7. The zero-order valence-electron chi connectivity index (χ0n) is 21.3. The minimum Gasteiger partial charge on any atom is -0.365 e. The number of rotatable bonds is 6. The first kappa shape index (κ1) is 23.6. The van der Waals surface area contributed by atoms with Gasteiger partial charge in [-0.2, -0.15) is 10.1 Å². The maximum absolute atomic E-state index is 13.2. The number of amides is 2. The second-order valence-corrected chi connectivity index (χ2v) is 10.2. The van der Waals surface area contributed by atoms with Gasteiger partial charge < -0.3 is 20.0 Å². The van der Waals surface area contributed by atoms with Gasteiger partial charge >= 0.3 is 0 Å². The Labute approximate surface area is 206 Å². The molecule has 1 saturated carbocycles. The minimum absolute atomic E-state index is 0.0469. The van der Waals surface area contributed by atoms with E-state index < -0.39 is 0 Å². The van der Waals surface area contributed by atoms with E-state index in [4.69, 9.17) is 15.1 Å². The van der Waals surface area contributed by atoms with Crippen molar-refractivity contribution in [1.29, 1.82) is 0 Å². The second-order valence-electron chi connectivity index (χ2n) is 10.2. The summed E-state index contributed by atoms with van der Waals surface area (Å²) < 4.78 is 2.13. The highest BCUT2D eigenvalue weighted by Gasteiger charge is 2.35. The first-order chi connectivity index (χ1) is 16.8. The molecule has 2 aliphatic heterocycles. The zero-order chi connectivity index (χ0) is 24.7. The molecular formula is C25H36N8O2. The van der Waals surface area contributed by atoms with Gasteiger partial charge in [-0.05, 0) is 33.6 Å². The lowest BCUT2D eigenvalue weighted by Gasteiger charge is -2.34. The van der Waals surface area contributed by atoms with Gasteiger partial charge in [0.25, 0.3) is 5.91 Å². The van der Waals surface area contributed by atoms with Gasteiger partial charge in [0, 0.05) is 63.0 Å². The summed E-state index contributed by atoms with van der Waals surface area (Å²) in [4.78, 5) is 40.2. The van der Waals surface area contributed by atoms with E-state index in [9.17, 15) is 9.59 Å². The van der Waals surface area contributed by atoms with Gasteiger partial charge in [0.05, 0.1) is 18.3 Å². The van der Waals surface area contributed by atoms with Gasteiger partial charge in [0.1, 0.15) is 11.5 Å². The lowest BCUT2D eigenvalue weighted by molar-refractivity contribution is -0.129. The standard InChI is InChI=1S/C25H36N8O2/c1-16(2)32-15-21-22(24(32)35)27-25(31-11-9-30(10-12-31)18(4)34)28-23(21)26-13-19-14-33(29-17(19)3)20-7-5-6-8-20/h14,16,20H,5-13,15H2,1-4H3,(H,26,27,28). The average molecular weight is 481 g/mol. The van der Waals surface area contributed by atoms with Gasteiger partial charge in [0.15, 0.2) is 0 Å². The van der Waals surface area contributed by atoms with Crippen molar-refractivity contribution >= 4 is 23.6 Å². The first-order valence-corrected chi connectivity index (χ1v) is 12.8. The lowest BCUT2D eigenvalue weighted by Crippen LogP contribution is -2.48. The van der Waals surface area contributed by atoms with E-state index in [2.05, 4.69) is 28.0 Å². The summed E-state index contributed by atoms with van der Waals surface area (Å²) in [5.74, 6) is 1.29. The van der Waals surface area contributed by atoms with Crippen molar-refractivity contribution in [2.45, 2.75) is 78.6 Å². The molecule has 0 spiro atoms. The second kappa shape index (κ2) is 9.47. The van der Waals surface area contributed by atoms with Gasteiger partial charge in [-0.3, -0.25) is 14.3 Å². The molecular weight excluding hydrogens is 444 g/mol. The Morgan fingerprint density at radius 2 is 1.86 bits per heavy atom. The van der Waals surface area contributed by atoms with Crippen LogP contribution in [0.1, 0.15) is 79.8 Å². The SMILES string of the molecule is CC(=O)N1CCN(c2nc(NCc3cn(C4CCCC4)nc3C)c3c(n2)C(=O)N(C(C)C)C3)CC1. The number of hydrogen-bond donors (Lipinski definition) is 1. The number of nitrogens with one attached hydrogen (secondary N) is 1. The Kier molecular flexibility index (Phi) is 6.37. The summed E-state index contributed by atoms with van der Waals surface area (Å²) >= 11 is 0. The van der Waals surface area contributed by atoms with Crippen LogP contribution in [0.3, 0.4) is 0 Å². The van der Waals surface area contributed by atoms with E-state index in [1.165, 1.54) is 25.7 Å². The fourth-order valence-corrected chi connectivity index (χ4v) is 5.33. The average Bonchev–Trinajstić information content (AvgIpc) is 3.57. The highest BCUT2D eigenvalue weighted by Crippen LogP contribution is 2.32. The molecule has 188 valence electrons. The summed E-state index contributed by atoms with van der Waals surface area (Å²) in [5, 5.41) is 8.30. The molecule has 0 atom stereocenters. The molecule has 2 aromatic rings. The predicted octanol–water partition coefficient (Wildman–Crippen LogP) is 2.74. The topological polar surface area (TPSA) is 99.5 Å². The van der Waals surface area contributed by atoms with Crippen molar-refractivity contribution in [2.75, 3.05) is 36.4 Å². The number of anilines is 2. The molecule has 1 N–H and O–H groups in total. The van der Waals surface area contributed by atoms with Crippen LogP contribution < -0.4 is 10.2 Å². The van der Waals surface area contributed by atoms with Crippen LogP contribution in [0.5, 0.6) is 0 Å². The Bertz CT molecular complexity index is 1110. The van der Waals surface area contributed by atoms with Crippen LogP contribution in [-0.2, 0) is 17.9 Å². The van der Waals surface area contributed by atoms with E-state index in [1.54, 1.807) is 6.92 Å². The molecule has 10 nitrogen and oxygen atoms in total. The first-order valence-electron chi connectivity index (χ1n) is 12.8. The molecule has 1 aliphatic carbocycles. The summed E-state index contributed by atoms with van der Waals surface area (Å²) in [6.07, 6.45) is 7.09. The fourth-order valence-electron chi connectivity index (χ4n) is 5.33. The van der Waals surface area contributed by atoms with Gasteiger partial charge in [-0.15, -0.1) is 0 Å². The highest BCUT2D eigenvalue weighted by molar-refractivity contribution is 5.98. The van der Waals surface area contributed by atoms with E-state index in [-0.39, 0.29) is 17.9 Å². The number of carbonyl (C=O) groups is 2. The Morgan fingerprint density at radius 1 is 1.14 bits per heavy atom. The molecule has 10 heteroatoms. The van der Waals surface area contributed by atoms with Crippen molar-refractivity contribution in [2.24, 2.45) is 0 Å². The van der Waals surface area contributed by atoms with Crippen LogP contribution in [0, 0.1) is 6.92 Å². The van der Waals surface area contributed by atoms with Crippen molar-refractivity contribution < 1.29 is 9.59 Å². The van der Waals surface area contributed by atoms with E-state index in [0.717, 1.165) is 16.8 Å². The van der Waals surface area contributed by atoms with Crippen molar-refractivity contribution in [1.82, 2.24) is 29.5 Å². The van der Waals surface area contributed by atoms with Crippen molar-refractivity contribution in [3.05, 3.63) is 28.7 Å². The van der Waals surface area contributed by atoms with Gasteiger partial charge in [0.2, 0.25) is 11.9 Å². The Balaban J connectivity index is 1.40. The van der Waals surface area contributed by atoms with Crippen LogP contribution in [-0.4, -0.2) is 73.6 Å². The molecule has 2 amide bonds. The zero-order valence-corrected chi connectivity index (χ0v) is 21.3. The van der Waals surface area contributed by atoms with Gasteiger partial charge in [-0.25, -0.2) is 4.98 Å².